The maximum absolute atomic E-state index is 12.8. The van der Waals surface area contributed by atoms with Gasteiger partial charge in [-0.3, -0.25) is 4.79 Å². The van der Waals surface area contributed by atoms with Gasteiger partial charge < -0.3 is 20.6 Å². The molecule has 0 saturated carbocycles. The van der Waals surface area contributed by atoms with Crippen LogP contribution in [0, 0.1) is 10.8 Å². The van der Waals surface area contributed by atoms with Crippen molar-refractivity contribution in [2.45, 2.75) is 53.9 Å². The highest BCUT2D eigenvalue weighted by Gasteiger charge is 2.40. The van der Waals surface area contributed by atoms with E-state index in [1.54, 1.807) is 6.07 Å². The minimum absolute atomic E-state index is 0.165. The maximum atomic E-state index is 12.8. The van der Waals surface area contributed by atoms with Gasteiger partial charge in [0.05, 0.1) is 0 Å². The Morgan fingerprint density at radius 1 is 1.19 bits per heavy atom. The topological polar surface area (TPSA) is 107 Å². The third-order valence-corrected chi connectivity index (χ3v) is 5.77. The number of anilines is 1. The van der Waals surface area contributed by atoms with E-state index in [0.717, 1.165) is 31.7 Å². The number of carboxylic acid groups (broad SMARTS) is 1. The lowest BCUT2D eigenvalue weighted by Crippen LogP contribution is -2.45. The summed E-state index contributed by atoms with van der Waals surface area (Å²) in [6, 6.07) is 1.73. The predicted molar refractivity (Wildman–Crippen MR) is 122 cm³/mol. The number of nitrogens with zero attached hydrogens (tertiary/aromatic N) is 3. The maximum Gasteiger partial charge on any atom is 0.404 e. The summed E-state index contributed by atoms with van der Waals surface area (Å²) in [6.07, 6.45) is 8.77. The van der Waals surface area contributed by atoms with Crippen LogP contribution in [0.1, 0.15) is 64.4 Å². The van der Waals surface area contributed by atoms with Crippen LogP contribution < -0.4 is 15.5 Å². The third kappa shape index (κ3) is 6.29. The first kappa shape index (κ1) is 24.4. The van der Waals surface area contributed by atoms with Crippen LogP contribution in [0.2, 0.25) is 0 Å². The molecule has 8 nitrogen and oxygen atoms in total. The van der Waals surface area contributed by atoms with E-state index >= 15 is 0 Å². The van der Waals surface area contributed by atoms with E-state index in [9.17, 15) is 9.59 Å². The molecule has 0 spiro atoms. The van der Waals surface area contributed by atoms with Crippen molar-refractivity contribution in [2.75, 3.05) is 24.5 Å². The molecule has 170 valence electrons. The van der Waals surface area contributed by atoms with Crippen LogP contribution in [-0.4, -0.2) is 46.7 Å². The second-order valence-electron chi connectivity index (χ2n) is 8.96. The van der Waals surface area contributed by atoms with Gasteiger partial charge >= 0.3 is 6.09 Å². The first-order valence-corrected chi connectivity index (χ1v) is 10.9. The number of amides is 2. The van der Waals surface area contributed by atoms with Gasteiger partial charge in [-0.1, -0.05) is 46.8 Å². The SMILES string of the molecule is CCCN(CCC)c1cc(C(=O)NC2=CCC(CNC(=O)O)(C(C)(C)C)C=C2)ncn1. The Bertz CT molecular complexity index is 838. The molecule has 1 aromatic rings. The van der Waals surface area contributed by atoms with Crippen molar-refractivity contribution in [3.63, 3.8) is 0 Å². The molecule has 1 atom stereocenters. The number of aromatic nitrogens is 2. The summed E-state index contributed by atoms with van der Waals surface area (Å²) >= 11 is 0. The van der Waals surface area contributed by atoms with E-state index in [1.165, 1.54) is 6.33 Å². The molecule has 1 aromatic heterocycles. The molecule has 0 bridgehead atoms. The van der Waals surface area contributed by atoms with Gasteiger partial charge in [-0.05, 0) is 30.8 Å². The summed E-state index contributed by atoms with van der Waals surface area (Å²) < 4.78 is 0. The number of hydrogen-bond acceptors (Lipinski definition) is 5. The first-order chi connectivity index (χ1) is 14.6. The van der Waals surface area contributed by atoms with E-state index in [0.29, 0.717) is 24.4 Å². The van der Waals surface area contributed by atoms with Gasteiger partial charge in [0.15, 0.2) is 0 Å². The number of rotatable bonds is 9. The molecule has 0 saturated heterocycles. The monoisotopic (exact) mass is 429 g/mol. The Kier molecular flexibility index (Phi) is 8.19. The highest BCUT2D eigenvalue weighted by molar-refractivity contribution is 5.94. The zero-order chi connectivity index (χ0) is 23.1. The fraction of sp³-hybridized carbons (Fsp3) is 0.565. The van der Waals surface area contributed by atoms with Crippen LogP contribution in [0.25, 0.3) is 0 Å². The lowest BCUT2D eigenvalue weighted by atomic mass is 9.63. The molecule has 1 unspecified atom stereocenters. The summed E-state index contributed by atoms with van der Waals surface area (Å²) in [5.74, 6) is 0.461. The van der Waals surface area contributed by atoms with Crippen LogP contribution in [0.5, 0.6) is 0 Å². The molecule has 1 aliphatic carbocycles. The van der Waals surface area contributed by atoms with Crippen LogP contribution in [0.4, 0.5) is 10.6 Å². The molecule has 8 heteroatoms. The Balaban J connectivity index is 2.12. The zero-order valence-electron chi connectivity index (χ0n) is 19.2. The fourth-order valence-corrected chi connectivity index (χ4v) is 3.68. The fourth-order valence-electron chi connectivity index (χ4n) is 3.68. The Hall–Kier alpha value is -2.90. The highest BCUT2D eigenvalue weighted by Crippen LogP contribution is 2.45. The van der Waals surface area contributed by atoms with Crippen molar-refractivity contribution in [3.05, 3.63) is 42.0 Å². The number of carbonyl (C=O) groups is 2. The van der Waals surface area contributed by atoms with E-state index in [-0.39, 0.29) is 16.7 Å². The van der Waals surface area contributed by atoms with E-state index < -0.39 is 6.09 Å². The van der Waals surface area contributed by atoms with E-state index in [4.69, 9.17) is 5.11 Å². The largest absolute Gasteiger partial charge is 0.465 e. The Labute approximate surface area is 184 Å². The molecule has 0 aliphatic heterocycles. The van der Waals surface area contributed by atoms with Gasteiger partial charge in [0.2, 0.25) is 0 Å². The lowest BCUT2D eigenvalue weighted by Gasteiger charge is -2.43. The van der Waals surface area contributed by atoms with Crippen molar-refractivity contribution in [3.8, 4) is 0 Å². The van der Waals surface area contributed by atoms with Crippen molar-refractivity contribution < 1.29 is 14.7 Å². The van der Waals surface area contributed by atoms with Crippen LogP contribution in [0.15, 0.2) is 36.3 Å². The summed E-state index contributed by atoms with van der Waals surface area (Å²) in [5, 5.41) is 14.4. The van der Waals surface area contributed by atoms with E-state index in [1.807, 2.05) is 18.2 Å². The number of hydrogen-bond donors (Lipinski definition) is 3. The Morgan fingerprint density at radius 3 is 2.39 bits per heavy atom. The van der Waals surface area contributed by atoms with Gasteiger partial charge in [0.1, 0.15) is 17.8 Å². The smallest absolute Gasteiger partial charge is 0.404 e. The molecule has 0 radical (unpaired) electrons. The summed E-state index contributed by atoms with van der Waals surface area (Å²) in [7, 11) is 0. The molecule has 0 aromatic carbocycles. The Morgan fingerprint density at radius 2 is 1.87 bits per heavy atom. The van der Waals surface area contributed by atoms with Crippen LogP contribution in [0.3, 0.4) is 0 Å². The lowest BCUT2D eigenvalue weighted by molar-refractivity contribution is 0.0960. The minimum atomic E-state index is -1.04. The number of allylic oxidation sites excluding steroid dienone is 2. The van der Waals surface area contributed by atoms with Crippen LogP contribution >= 0.6 is 0 Å². The zero-order valence-corrected chi connectivity index (χ0v) is 19.2. The summed E-state index contributed by atoms with van der Waals surface area (Å²) in [5.41, 5.74) is 0.459. The average molecular weight is 430 g/mol. The summed E-state index contributed by atoms with van der Waals surface area (Å²) in [6.45, 7) is 12.5. The van der Waals surface area contributed by atoms with Crippen molar-refractivity contribution in [1.82, 2.24) is 20.6 Å². The molecule has 0 fully saturated rings. The number of carbonyl (C=O) groups excluding carboxylic acids is 1. The quantitative estimate of drug-likeness (QED) is 0.548. The average Bonchev–Trinajstić information content (AvgIpc) is 2.72. The van der Waals surface area contributed by atoms with Crippen LogP contribution in [-0.2, 0) is 0 Å². The number of nitrogens with one attached hydrogen (secondary N) is 2. The van der Waals surface area contributed by atoms with Crippen molar-refractivity contribution >= 4 is 17.8 Å². The molecular formula is C23H35N5O3. The molecule has 31 heavy (non-hydrogen) atoms. The highest BCUT2D eigenvalue weighted by atomic mass is 16.4. The third-order valence-electron chi connectivity index (χ3n) is 5.77. The molecule has 3 N–H and O–H groups in total. The van der Waals surface area contributed by atoms with Gasteiger partial charge in [-0.2, -0.15) is 0 Å². The molecule has 1 aliphatic rings. The van der Waals surface area contributed by atoms with Gasteiger partial charge in [0.25, 0.3) is 5.91 Å². The predicted octanol–water partition coefficient (Wildman–Crippen LogP) is 3.98. The summed E-state index contributed by atoms with van der Waals surface area (Å²) in [4.78, 5) is 34.4. The van der Waals surface area contributed by atoms with Crippen molar-refractivity contribution in [1.29, 1.82) is 0 Å². The van der Waals surface area contributed by atoms with Gasteiger partial charge in [-0.25, -0.2) is 14.8 Å². The van der Waals surface area contributed by atoms with Gasteiger partial charge in [0, 0.05) is 36.8 Å². The normalized spacial score (nSPS) is 18.3. The van der Waals surface area contributed by atoms with E-state index in [2.05, 4.69) is 60.1 Å². The first-order valence-electron chi connectivity index (χ1n) is 10.9. The minimum Gasteiger partial charge on any atom is -0.465 e. The second-order valence-corrected chi connectivity index (χ2v) is 8.96. The van der Waals surface area contributed by atoms with Crippen molar-refractivity contribution in [2.24, 2.45) is 10.8 Å². The molecular weight excluding hydrogens is 394 g/mol. The second kappa shape index (κ2) is 10.4. The molecule has 1 heterocycles. The standard InChI is InChI=1S/C23H35N5O3/c1-6-12-28(13-7-2)19-14-18(25-16-26-19)20(29)27-17-8-10-23(11-9-17,22(3,4)5)15-24-21(30)31/h8-10,14,16,24H,6-7,11-13,15H2,1-5H3,(H,27,29)(H,30,31). The molecule has 2 rings (SSSR count). The molecule has 2 amide bonds. The van der Waals surface area contributed by atoms with Gasteiger partial charge in [-0.15, -0.1) is 0 Å².